The van der Waals surface area contributed by atoms with Gasteiger partial charge in [-0.1, -0.05) is 0 Å². The number of nitrogens with zero attached hydrogens (tertiary/aromatic N) is 5. The van der Waals surface area contributed by atoms with Gasteiger partial charge >= 0.3 is 0 Å². The number of amides is 1. The molecule has 0 radical (unpaired) electrons. The molecule has 3 heterocycles. The van der Waals surface area contributed by atoms with E-state index in [9.17, 15) is 4.79 Å². The molecule has 6 nitrogen and oxygen atoms in total. The Morgan fingerprint density at radius 3 is 2.59 bits per heavy atom. The van der Waals surface area contributed by atoms with Gasteiger partial charge in [0.1, 0.15) is 5.69 Å². The molecule has 0 aromatic carbocycles. The number of rotatable bonds is 2. The topological polar surface area (TPSA) is 63.9 Å². The Bertz CT molecular complexity index is 704. The summed E-state index contributed by atoms with van der Waals surface area (Å²) in [6.07, 6.45) is 5.18. The molecule has 1 saturated heterocycles. The van der Waals surface area contributed by atoms with Crippen molar-refractivity contribution in [1.82, 2.24) is 24.6 Å². The van der Waals surface area contributed by atoms with Gasteiger partial charge < -0.3 is 4.90 Å². The summed E-state index contributed by atoms with van der Waals surface area (Å²) in [5.41, 5.74) is 4.52. The number of hydrogen-bond acceptors (Lipinski definition) is 4. The molecule has 0 aliphatic carbocycles. The maximum absolute atomic E-state index is 12.8. The number of aromatic nitrogens is 4. The first kappa shape index (κ1) is 14.7. The van der Waals surface area contributed by atoms with Crippen molar-refractivity contribution < 1.29 is 4.79 Å². The van der Waals surface area contributed by atoms with Gasteiger partial charge in [-0.15, -0.1) is 0 Å². The van der Waals surface area contributed by atoms with Crippen molar-refractivity contribution in [2.75, 3.05) is 6.54 Å². The standard InChI is InChI=1S/C16H21N5O/c1-10-8-18-13(9-17-10)16(22)21-7-5-6-14(21)15-11(2)19-20(4)12(15)3/h8-9,14H,5-7H2,1-4H3/t14-/m1/s1. The lowest BCUT2D eigenvalue weighted by molar-refractivity contribution is 0.0728. The van der Waals surface area contributed by atoms with Gasteiger partial charge in [-0.05, 0) is 33.6 Å². The quantitative estimate of drug-likeness (QED) is 0.852. The molecule has 22 heavy (non-hydrogen) atoms. The normalized spacial score (nSPS) is 18.0. The van der Waals surface area contributed by atoms with Crippen molar-refractivity contribution in [3.8, 4) is 0 Å². The first-order chi connectivity index (χ1) is 10.5. The minimum Gasteiger partial charge on any atom is -0.330 e. The molecule has 0 N–H and O–H groups in total. The van der Waals surface area contributed by atoms with E-state index < -0.39 is 0 Å². The van der Waals surface area contributed by atoms with E-state index in [0.29, 0.717) is 5.69 Å². The maximum Gasteiger partial charge on any atom is 0.274 e. The van der Waals surface area contributed by atoms with Crippen molar-refractivity contribution >= 4 is 5.91 Å². The zero-order valence-corrected chi connectivity index (χ0v) is 13.5. The van der Waals surface area contributed by atoms with Gasteiger partial charge in [-0.25, -0.2) is 4.98 Å². The summed E-state index contributed by atoms with van der Waals surface area (Å²) < 4.78 is 1.89. The summed E-state index contributed by atoms with van der Waals surface area (Å²) in [7, 11) is 1.94. The van der Waals surface area contributed by atoms with Crippen LogP contribution in [0.25, 0.3) is 0 Å². The summed E-state index contributed by atoms with van der Waals surface area (Å²) in [6, 6.07) is 0.0873. The maximum atomic E-state index is 12.8. The molecule has 1 atom stereocenters. The van der Waals surface area contributed by atoms with E-state index >= 15 is 0 Å². The minimum atomic E-state index is -0.0438. The predicted molar refractivity (Wildman–Crippen MR) is 82.5 cm³/mol. The lowest BCUT2D eigenvalue weighted by Gasteiger charge is -2.25. The number of carbonyl (C=O) groups excluding carboxylic acids is 1. The second kappa shape index (κ2) is 5.51. The Labute approximate surface area is 130 Å². The van der Waals surface area contributed by atoms with Crippen molar-refractivity contribution in [1.29, 1.82) is 0 Å². The molecule has 6 heteroatoms. The summed E-state index contributed by atoms with van der Waals surface area (Å²) in [4.78, 5) is 23.1. The van der Waals surface area contributed by atoms with Crippen LogP contribution in [-0.2, 0) is 7.05 Å². The van der Waals surface area contributed by atoms with Crippen LogP contribution in [0.15, 0.2) is 12.4 Å². The largest absolute Gasteiger partial charge is 0.330 e. The van der Waals surface area contributed by atoms with Gasteiger partial charge in [-0.2, -0.15) is 5.10 Å². The third kappa shape index (κ3) is 2.38. The molecule has 1 fully saturated rings. The molecule has 2 aromatic heterocycles. The van der Waals surface area contributed by atoms with E-state index in [1.54, 1.807) is 12.4 Å². The SMILES string of the molecule is Cc1cnc(C(=O)N2CCC[C@@H]2c2c(C)nn(C)c2C)cn1. The van der Waals surface area contributed by atoms with Crippen LogP contribution in [0, 0.1) is 20.8 Å². The molecule has 3 rings (SSSR count). The van der Waals surface area contributed by atoms with E-state index in [0.717, 1.165) is 36.5 Å². The van der Waals surface area contributed by atoms with E-state index in [1.807, 2.05) is 30.5 Å². The second-order valence-electron chi connectivity index (χ2n) is 5.91. The molecule has 0 bridgehead atoms. The smallest absolute Gasteiger partial charge is 0.274 e. The van der Waals surface area contributed by atoms with Gasteiger partial charge in [-0.3, -0.25) is 14.5 Å². The highest BCUT2D eigenvalue weighted by Gasteiger charge is 2.34. The Hall–Kier alpha value is -2.24. The molecule has 0 spiro atoms. The molecular weight excluding hydrogens is 278 g/mol. The van der Waals surface area contributed by atoms with Crippen LogP contribution < -0.4 is 0 Å². The third-order valence-corrected chi connectivity index (χ3v) is 4.41. The molecule has 2 aromatic rings. The average molecular weight is 299 g/mol. The van der Waals surface area contributed by atoms with Crippen LogP contribution >= 0.6 is 0 Å². The van der Waals surface area contributed by atoms with Gasteiger partial charge in [0.15, 0.2) is 0 Å². The van der Waals surface area contributed by atoms with Gasteiger partial charge in [0.05, 0.1) is 23.6 Å². The van der Waals surface area contributed by atoms with Crippen LogP contribution in [-0.4, -0.2) is 37.1 Å². The highest BCUT2D eigenvalue weighted by atomic mass is 16.2. The second-order valence-corrected chi connectivity index (χ2v) is 5.91. The van der Waals surface area contributed by atoms with Crippen molar-refractivity contribution in [3.05, 3.63) is 40.7 Å². The van der Waals surface area contributed by atoms with Gasteiger partial charge in [0.2, 0.25) is 0 Å². The molecule has 1 amide bonds. The molecule has 116 valence electrons. The monoisotopic (exact) mass is 299 g/mol. The summed E-state index contributed by atoms with van der Waals surface area (Å²) in [5, 5.41) is 4.48. The van der Waals surface area contributed by atoms with Crippen LogP contribution in [0.3, 0.4) is 0 Å². The zero-order valence-electron chi connectivity index (χ0n) is 13.5. The third-order valence-electron chi connectivity index (χ3n) is 4.41. The van der Waals surface area contributed by atoms with E-state index in [2.05, 4.69) is 22.0 Å². The van der Waals surface area contributed by atoms with Crippen molar-refractivity contribution in [2.24, 2.45) is 7.05 Å². The summed E-state index contributed by atoms with van der Waals surface area (Å²) >= 11 is 0. The lowest BCUT2D eigenvalue weighted by Crippen LogP contribution is -2.31. The predicted octanol–water partition coefficient (Wildman–Crippen LogP) is 2.11. The zero-order chi connectivity index (χ0) is 15.9. The van der Waals surface area contributed by atoms with Crippen LogP contribution in [0.4, 0.5) is 0 Å². The van der Waals surface area contributed by atoms with E-state index in [4.69, 9.17) is 0 Å². The average Bonchev–Trinajstić information content (AvgIpc) is 3.04. The Morgan fingerprint density at radius 2 is 2.00 bits per heavy atom. The number of carbonyl (C=O) groups is 1. The summed E-state index contributed by atoms with van der Waals surface area (Å²) in [6.45, 7) is 6.69. The Kier molecular flexibility index (Phi) is 3.68. The minimum absolute atomic E-state index is 0.0438. The number of hydrogen-bond donors (Lipinski definition) is 0. The van der Waals surface area contributed by atoms with Crippen molar-refractivity contribution in [3.63, 3.8) is 0 Å². The van der Waals surface area contributed by atoms with Crippen LogP contribution in [0.5, 0.6) is 0 Å². The fourth-order valence-electron chi connectivity index (χ4n) is 3.23. The van der Waals surface area contributed by atoms with Crippen LogP contribution in [0.1, 0.15) is 52.0 Å². The highest BCUT2D eigenvalue weighted by Crippen LogP contribution is 2.36. The van der Waals surface area contributed by atoms with Gasteiger partial charge in [0.25, 0.3) is 5.91 Å². The molecular formula is C16H21N5O. The van der Waals surface area contributed by atoms with E-state index in [-0.39, 0.29) is 11.9 Å². The fourth-order valence-corrected chi connectivity index (χ4v) is 3.23. The number of likely N-dealkylation sites (tertiary alicyclic amines) is 1. The lowest BCUT2D eigenvalue weighted by atomic mass is 10.0. The first-order valence-corrected chi connectivity index (χ1v) is 7.58. The molecule has 0 saturated carbocycles. The number of aryl methyl sites for hydroxylation is 3. The molecule has 0 unspecified atom stereocenters. The van der Waals surface area contributed by atoms with Crippen LogP contribution in [0.2, 0.25) is 0 Å². The molecule has 1 aliphatic heterocycles. The molecule has 1 aliphatic rings. The Morgan fingerprint density at radius 1 is 1.23 bits per heavy atom. The summed E-state index contributed by atoms with van der Waals surface area (Å²) in [5.74, 6) is -0.0438. The first-order valence-electron chi connectivity index (χ1n) is 7.58. The van der Waals surface area contributed by atoms with Gasteiger partial charge in [0, 0.05) is 31.0 Å². The highest BCUT2D eigenvalue weighted by molar-refractivity contribution is 5.92. The van der Waals surface area contributed by atoms with E-state index in [1.165, 1.54) is 5.56 Å². The fraction of sp³-hybridized carbons (Fsp3) is 0.500. The van der Waals surface area contributed by atoms with Crippen molar-refractivity contribution in [2.45, 2.75) is 39.7 Å². The Balaban J connectivity index is 1.93.